The van der Waals surface area contributed by atoms with E-state index in [1.165, 1.54) is 12.0 Å². The Morgan fingerprint density at radius 1 is 0.875 bits per heavy atom. The van der Waals surface area contributed by atoms with Crippen LogP contribution in [0.1, 0.15) is 63.5 Å². The van der Waals surface area contributed by atoms with Crippen molar-refractivity contribution in [3.05, 3.63) is 41.5 Å². The van der Waals surface area contributed by atoms with Crippen molar-refractivity contribution in [1.82, 2.24) is 0 Å². The maximum atomic E-state index is 11.9. The van der Waals surface area contributed by atoms with Gasteiger partial charge in [-0.2, -0.15) is 8.42 Å². The van der Waals surface area contributed by atoms with E-state index in [4.69, 9.17) is 0 Å². The largest absolute Gasteiger partial charge is 0.294 e. The summed E-state index contributed by atoms with van der Waals surface area (Å²) in [6.07, 6.45) is 8.12. The van der Waals surface area contributed by atoms with Gasteiger partial charge in [-0.1, -0.05) is 63.8 Å². The summed E-state index contributed by atoms with van der Waals surface area (Å²) in [4.78, 5) is 0.0778. The van der Waals surface area contributed by atoms with Crippen LogP contribution in [0.5, 0.6) is 0 Å². The predicted octanol–water partition coefficient (Wildman–Crippen LogP) is 5.55. The molecular formula is C20H28O3S. The average molecular weight is 349 g/mol. The number of hydrogen-bond acceptors (Lipinski definition) is 2. The Hall–Kier alpha value is -1.39. The first-order chi connectivity index (χ1) is 11.5. The topological polar surface area (TPSA) is 54.4 Å². The zero-order chi connectivity index (χ0) is 17.6. The van der Waals surface area contributed by atoms with Crippen LogP contribution in [-0.2, 0) is 23.0 Å². The Bertz CT molecular complexity index is 779. The third-order valence-corrected chi connectivity index (χ3v) is 5.49. The third-order valence-electron chi connectivity index (χ3n) is 4.55. The van der Waals surface area contributed by atoms with Crippen molar-refractivity contribution in [2.75, 3.05) is 0 Å². The minimum atomic E-state index is -4.20. The standard InChI is InChI=1S/C20H28O3S/c1-3-5-7-10-16-11-9-12-17-14-15-19(24(21,22)23)18(20(16)17)13-8-6-4-2/h9,11-12,14-15H,3-8,10,13H2,1-2H3,(H,21,22,23). The number of rotatable bonds is 9. The first-order valence-corrected chi connectivity index (χ1v) is 10.4. The highest BCUT2D eigenvalue weighted by molar-refractivity contribution is 7.85. The molecule has 0 amide bonds. The molecule has 3 nitrogen and oxygen atoms in total. The molecule has 0 bridgehead atoms. The molecule has 2 aromatic carbocycles. The van der Waals surface area contributed by atoms with Crippen molar-refractivity contribution in [1.29, 1.82) is 0 Å². The van der Waals surface area contributed by atoms with Crippen LogP contribution in [0.15, 0.2) is 35.2 Å². The minimum absolute atomic E-state index is 0.0778. The highest BCUT2D eigenvalue weighted by atomic mass is 32.2. The lowest BCUT2D eigenvalue weighted by Crippen LogP contribution is -2.05. The second kappa shape index (κ2) is 8.63. The van der Waals surface area contributed by atoms with Gasteiger partial charge in [-0.15, -0.1) is 0 Å². The summed E-state index contributed by atoms with van der Waals surface area (Å²) in [7, 11) is -4.20. The number of fused-ring (bicyclic) bond motifs is 1. The first kappa shape index (κ1) is 18.9. The Balaban J connectivity index is 2.58. The fourth-order valence-electron chi connectivity index (χ4n) is 3.33. The van der Waals surface area contributed by atoms with Crippen molar-refractivity contribution in [2.24, 2.45) is 0 Å². The molecule has 2 rings (SSSR count). The van der Waals surface area contributed by atoms with Gasteiger partial charge < -0.3 is 0 Å². The van der Waals surface area contributed by atoms with Gasteiger partial charge >= 0.3 is 0 Å². The molecule has 0 heterocycles. The molecular weight excluding hydrogens is 320 g/mol. The zero-order valence-corrected chi connectivity index (χ0v) is 15.5. The molecule has 0 aliphatic heterocycles. The number of benzene rings is 2. The minimum Gasteiger partial charge on any atom is -0.282 e. The van der Waals surface area contributed by atoms with E-state index in [1.54, 1.807) is 6.07 Å². The molecule has 0 saturated heterocycles. The number of unbranched alkanes of at least 4 members (excludes halogenated alkanes) is 4. The van der Waals surface area contributed by atoms with Gasteiger partial charge in [0.25, 0.3) is 10.1 Å². The second-order valence-corrected chi connectivity index (χ2v) is 7.84. The highest BCUT2D eigenvalue weighted by Crippen LogP contribution is 2.31. The lowest BCUT2D eigenvalue weighted by atomic mass is 9.93. The Morgan fingerprint density at radius 2 is 1.54 bits per heavy atom. The maximum Gasteiger partial charge on any atom is 0.294 e. The molecule has 0 radical (unpaired) electrons. The van der Waals surface area contributed by atoms with Crippen LogP contribution in [0.4, 0.5) is 0 Å². The second-order valence-electron chi connectivity index (χ2n) is 6.45. The quantitative estimate of drug-likeness (QED) is 0.477. The van der Waals surface area contributed by atoms with E-state index in [2.05, 4.69) is 19.9 Å². The first-order valence-electron chi connectivity index (χ1n) is 9.00. The predicted molar refractivity (Wildman–Crippen MR) is 100 cm³/mol. The van der Waals surface area contributed by atoms with E-state index in [-0.39, 0.29) is 4.90 Å². The summed E-state index contributed by atoms with van der Waals surface area (Å²) in [6, 6.07) is 9.51. The van der Waals surface area contributed by atoms with E-state index in [1.807, 2.05) is 18.2 Å². The molecule has 24 heavy (non-hydrogen) atoms. The van der Waals surface area contributed by atoms with Crippen molar-refractivity contribution in [2.45, 2.75) is 70.1 Å². The fraction of sp³-hybridized carbons (Fsp3) is 0.500. The van der Waals surface area contributed by atoms with Crippen LogP contribution in [0, 0.1) is 0 Å². The highest BCUT2D eigenvalue weighted by Gasteiger charge is 2.19. The molecule has 1 N–H and O–H groups in total. The van der Waals surface area contributed by atoms with E-state index >= 15 is 0 Å². The normalized spacial score (nSPS) is 12.0. The van der Waals surface area contributed by atoms with Crippen molar-refractivity contribution < 1.29 is 13.0 Å². The SMILES string of the molecule is CCCCCc1cccc2ccc(S(=O)(=O)O)c(CCCCC)c12. The molecule has 0 spiro atoms. The zero-order valence-electron chi connectivity index (χ0n) is 14.7. The molecule has 132 valence electrons. The molecule has 0 aliphatic rings. The van der Waals surface area contributed by atoms with Gasteiger partial charge in [0.2, 0.25) is 0 Å². The molecule has 0 saturated carbocycles. The van der Waals surface area contributed by atoms with Crippen molar-refractivity contribution >= 4 is 20.9 Å². The van der Waals surface area contributed by atoms with E-state index in [0.717, 1.165) is 54.9 Å². The maximum absolute atomic E-state index is 11.9. The van der Waals surface area contributed by atoms with Gasteiger partial charge in [0.05, 0.1) is 4.90 Å². The number of aryl methyl sites for hydroxylation is 2. The molecule has 0 aliphatic carbocycles. The van der Waals surface area contributed by atoms with E-state index in [0.29, 0.717) is 6.42 Å². The van der Waals surface area contributed by atoms with Crippen LogP contribution in [0.25, 0.3) is 10.8 Å². The summed E-state index contributed by atoms with van der Waals surface area (Å²) in [5, 5.41) is 2.09. The van der Waals surface area contributed by atoms with Crippen molar-refractivity contribution in [3.63, 3.8) is 0 Å². The van der Waals surface area contributed by atoms with Crippen LogP contribution >= 0.6 is 0 Å². The lowest BCUT2D eigenvalue weighted by Gasteiger charge is -2.15. The summed E-state index contributed by atoms with van der Waals surface area (Å²) in [6.45, 7) is 4.30. The molecule has 0 atom stereocenters. The van der Waals surface area contributed by atoms with Crippen LogP contribution in [0.3, 0.4) is 0 Å². The van der Waals surface area contributed by atoms with Gasteiger partial charge in [-0.3, -0.25) is 4.55 Å². The van der Waals surface area contributed by atoms with E-state index in [9.17, 15) is 13.0 Å². The fourth-order valence-corrected chi connectivity index (χ4v) is 4.09. The van der Waals surface area contributed by atoms with Crippen molar-refractivity contribution in [3.8, 4) is 0 Å². The van der Waals surface area contributed by atoms with Gasteiger partial charge in [0.1, 0.15) is 0 Å². The smallest absolute Gasteiger partial charge is 0.282 e. The summed E-state index contributed by atoms with van der Waals surface area (Å²) in [5.74, 6) is 0. The van der Waals surface area contributed by atoms with Gasteiger partial charge in [-0.05, 0) is 53.6 Å². The van der Waals surface area contributed by atoms with Gasteiger partial charge in [0, 0.05) is 0 Å². The molecule has 2 aromatic rings. The third kappa shape index (κ3) is 4.58. The lowest BCUT2D eigenvalue weighted by molar-refractivity contribution is 0.482. The van der Waals surface area contributed by atoms with Gasteiger partial charge in [0.15, 0.2) is 0 Å². The van der Waals surface area contributed by atoms with E-state index < -0.39 is 10.1 Å². The molecule has 4 heteroatoms. The Morgan fingerprint density at radius 3 is 2.17 bits per heavy atom. The summed E-state index contributed by atoms with van der Waals surface area (Å²) in [5.41, 5.74) is 1.98. The van der Waals surface area contributed by atoms with Gasteiger partial charge in [-0.25, -0.2) is 0 Å². The van der Waals surface area contributed by atoms with Crippen LogP contribution in [-0.4, -0.2) is 13.0 Å². The number of hydrogen-bond donors (Lipinski definition) is 1. The Kier molecular flexibility index (Phi) is 6.81. The summed E-state index contributed by atoms with van der Waals surface area (Å²) >= 11 is 0. The van der Waals surface area contributed by atoms with Crippen LogP contribution < -0.4 is 0 Å². The molecule has 0 unspecified atom stereocenters. The van der Waals surface area contributed by atoms with Crippen LogP contribution in [0.2, 0.25) is 0 Å². The Labute approximate surface area is 145 Å². The molecule has 0 fully saturated rings. The molecule has 0 aromatic heterocycles. The monoisotopic (exact) mass is 348 g/mol. The summed E-state index contributed by atoms with van der Waals surface area (Å²) < 4.78 is 33.4. The average Bonchev–Trinajstić information content (AvgIpc) is 2.54.